The average molecular weight is 574 g/mol. The maximum atomic E-state index is 13.1. The molecular formula is C32H36ClN5OS. The van der Waals surface area contributed by atoms with Gasteiger partial charge in [-0.1, -0.05) is 48.9 Å². The summed E-state index contributed by atoms with van der Waals surface area (Å²) < 4.78 is 0. The standard InChI is InChI=1S/C32H36ClN5OS/c1-6-21-11-7-8-12-25(21)35-28(39)14-16-38-30(29(36-31(38)40)26-13-9-10-15-34-26)23-17-22-20(2)19-32(3,4)37(5)27(22)18-24(23)33/h7-13,15,17-19,29-30H,6,14,16H2,1-5H3,(H,35,39)(H,36,40)/t29-,30-/m0/s1. The van der Waals surface area contributed by atoms with Gasteiger partial charge in [-0.25, -0.2) is 0 Å². The monoisotopic (exact) mass is 573 g/mol. The smallest absolute Gasteiger partial charge is 0.226 e. The minimum atomic E-state index is -0.232. The van der Waals surface area contributed by atoms with Crippen LogP contribution in [0.2, 0.25) is 5.02 Å². The molecule has 0 bridgehead atoms. The van der Waals surface area contributed by atoms with E-state index in [2.05, 4.69) is 78.4 Å². The van der Waals surface area contributed by atoms with Crippen molar-refractivity contribution in [3.63, 3.8) is 0 Å². The molecule has 2 aliphatic heterocycles. The Kier molecular flexibility index (Phi) is 7.89. The topological polar surface area (TPSA) is 60.5 Å². The molecule has 0 saturated carbocycles. The number of amides is 1. The lowest BCUT2D eigenvalue weighted by Gasteiger charge is -2.41. The largest absolute Gasteiger partial charge is 0.365 e. The Morgan fingerprint density at radius 2 is 1.93 bits per heavy atom. The molecule has 1 fully saturated rings. The Morgan fingerprint density at radius 3 is 2.65 bits per heavy atom. The Balaban J connectivity index is 1.49. The van der Waals surface area contributed by atoms with E-state index in [1.807, 2.05) is 42.5 Å². The summed E-state index contributed by atoms with van der Waals surface area (Å²) in [6, 6.07) is 17.6. The lowest BCUT2D eigenvalue weighted by Crippen LogP contribution is -2.42. The number of carbonyl (C=O) groups excluding carboxylic acids is 1. The van der Waals surface area contributed by atoms with E-state index in [1.54, 1.807) is 6.20 Å². The predicted molar refractivity (Wildman–Crippen MR) is 169 cm³/mol. The van der Waals surface area contributed by atoms with Gasteiger partial charge in [-0.05, 0) is 86.4 Å². The molecular weight excluding hydrogens is 538 g/mol. The second kappa shape index (κ2) is 11.2. The van der Waals surface area contributed by atoms with Crippen LogP contribution in [-0.4, -0.2) is 40.0 Å². The molecule has 2 N–H and O–H groups in total. The zero-order valence-corrected chi connectivity index (χ0v) is 25.2. The molecule has 208 valence electrons. The lowest BCUT2D eigenvalue weighted by molar-refractivity contribution is -0.116. The van der Waals surface area contributed by atoms with Crippen molar-refractivity contribution in [1.29, 1.82) is 0 Å². The van der Waals surface area contributed by atoms with Gasteiger partial charge in [-0.3, -0.25) is 9.78 Å². The fourth-order valence-corrected chi connectivity index (χ4v) is 6.39. The highest BCUT2D eigenvalue weighted by Crippen LogP contribution is 2.46. The van der Waals surface area contributed by atoms with Gasteiger partial charge >= 0.3 is 0 Å². The number of pyridine rings is 1. The Labute approximate surface area is 247 Å². The van der Waals surface area contributed by atoms with Gasteiger partial charge in [0.2, 0.25) is 5.91 Å². The van der Waals surface area contributed by atoms with Crippen LogP contribution in [0.25, 0.3) is 5.57 Å². The fraction of sp³-hybridized carbons (Fsp3) is 0.344. The lowest BCUT2D eigenvalue weighted by atomic mass is 9.86. The molecule has 0 aliphatic carbocycles. The van der Waals surface area contributed by atoms with Crippen LogP contribution >= 0.6 is 23.8 Å². The quantitative estimate of drug-likeness (QED) is 0.299. The number of likely N-dealkylation sites (N-methyl/N-ethyl adjacent to an activating group) is 1. The first-order valence-electron chi connectivity index (χ1n) is 13.7. The normalized spacial score (nSPS) is 19.6. The van der Waals surface area contributed by atoms with E-state index in [-0.39, 0.29) is 30.0 Å². The highest BCUT2D eigenvalue weighted by molar-refractivity contribution is 7.80. The Bertz CT molecular complexity index is 1470. The number of nitrogens with one attached hydrogen (secondary N) is 2. The van der Waals surface area contributed by atoms with E-state index < -0.39 is 0 Å². The van der Waals surface area contributed by atoms with Crippen LogP contribution in [0.3, 0.4) is 0 Å². The van der Waals surface area contributed by atoms with Crippen molar-refractivity contribution in [1.82, 2.24) is 15.2 Å². The first kappa shape index (κ1) is 28.1. The van der Waals surface area contributed by atoms with Crippen molar-refractivity contribution in [2.75, 3.05) is 23.8 Å². The van der Waals surface area contributed by atoms with Crippen molar-refractivity contribution in [3.8, 4) is 0 Å². The molecule has 2 atom stereocenters. The molecule has 1 aromatic heterocycles. The molecule has 2 aliphatic rings. The molecule has 0 spiro atoms. The molecule has 3 heterocycles. The van der Waals surface area contributed by atoms with Gasteiger partial charge in [0.25, 0.3) is 0 Å². The highest BCUT2D eigenvalue weighted by Gasteiger charge is 2.41. The number of para-hydroxylation sites is 1. The predicted octanol–water partition coefficient (Wildman–Crippen LogP) is 6.93. The zero-order chi connectivity index (χ0) is 28.6. The van der Waals surface area contributed by atoms with E-state index in [0.717, 1.165) is 40.2 Å². The van der Waals surface area contributed by atoms with Gasteiger partial charge in [0.05, 0.1) is 23.3 Å². The number of benzene rings is 2. The van der Waals surface area contributed by atoms with Crippen molar-refractivity contribution in [2.45, 2.75) is 58.2 Å². The number of fused-ring (bicyclic) bond motifs is 1. The summed E-state index contributed by atoms with van der Waals surface area (Å²) in [7, 11) is 2.10. The molecule has 3 aromatic rings. The highest BCUT2D eigenvalue weighted by atomic mass is 35.5. The molecule has 2 aromatic carbocycles. The number of carbonyl (C=O) groups is 1. The van der Waals surface area contributed by atoms with Crippen LogP contribution in [0.15, 0.2) is 66.9 Å². The molecule has 0 unspecified atom stereocenters. The molecule has 6 nitrogen and oxygen atoms in total. The second-order valence-corrected chi connectivity index (χ2v) is 11.9. The Morgan fingerprint density at radius 1 is 1.18 bits per heavy atom. The second-order valence-electron chi connectivity index (χ2n) is 11.1. The number of thiocarbonyl (C=S) groups is 1. The number of allylic oxidation sites excluding steroid dienone is 1. The number of rotatable bonds is 7. The third kappa shape index (κ3) is 5.32. The minimum absolute atomic E-state index is 0.0529. The Hall–Kier alpha value is -3.42. The van der Waals surface area contributed by atoms with Gasteiger partial charge < -0.3 is 20.4 Å². The third-order valence-corrected chi connectivity index (χ3v) is 8.78. The van der Waals surface area contributed by atoms with Crippen LogP contribution in [0.1, 0.15) is 68.6 Å². The first-order chi connectivity index (χ1) is 19.1. The summed E-state index contributed by atoms with van der Waals surface area (Å²) in [4.78, 5) is 22.1. The van der Waals surface area contributed by atoms with Gasteiger partial charge in [-0.2, -0.15) is 0 Å². The fourth-order valence-electron chi connectivity index (χ4n) is 5.78. The molecule has 8 heteroatoms. The van der Waals surface area contributed by atoms with Gasteiger partial charge in [0, 0.05) is 48.2 Å². The summed E-state index contributed by atoms with van der Waals surface area (Å²) >= 11 is 12.9. The zero-order valence-electron chi connectivity index (χ0n) is 23.7. The number of halogens is 1. The average Bonchev–Trinajstić information content (AvgIpc) is 3.26. The first-order valence-corrected chi connectivity index (χ1v) is 14.5. The van der Waals surface area contributed by atoms with Gasteiger partial charge in [0.15, 0.2) is 5.11 Å². The third-order valence-electron chi connectivity index (χ3n) is 8.10. The summed E-state index contributed by atoms with van der Waals surface area (Å²) in [5.41, 5.74) is 7.13. The van der Waals surface area contributed by atoms with Crippen LogP contribution in [0.4, 0.5) is 11.4 Å². The molecule has 0 radical (unpaired) electrons. The van der Waals surface area contributed by atoms with E-state index in [4.69, 9.17) is 23.8 Å². The molecule has 1 saturated heterocycles. The van der Waals surface area contributed by atoms with Crippen LogP contribution in [0, 0.1) is 0 Å². The minimum Gasteiger partial charge on any atom is -0.365 e. The van der Waals surface area contributed by atoms with Gasteiger partial charge in [-0.15, -0.1) is 0 Å². The summed E-state index contributed by atoms with van der Waals surface area (Å²) in [5.74, 6) is -0.0529. The number of nitrogens with zero attached hydrogens (tertiary/aromatic N) is 3. The van der Waals surface area contributed by atoms with E-state index >= 15 is 0 Å². The summed E-state index contributed by atoms with van der Waals surface area (Å²) in [6.07, 6.45) is 5.21. The van der Waals surface area contributed by atoms with Crippen molar-refractivity contribution in [2.24, 2.45) is 0 Å². The summed E-state index contributed by atoms with van der Waals surface area (Å²) in [5, 5.41) is 7.82. The van der Waals surface area contributed by atoms with Crippen molar-refractivity contribution in [3.05, 3.63) is 94.3 Å². The van der Waals surface area contributed by atoms with Crippen LogP contribution < -0.4 is 15.5 Å². The number of aromatic nitrogens is 1. The molecule has 1 amide bonds. The van der Waals surface area contributed by atoms with Crippen molar-refractivity contribution >= 4 is 51.8 Å². The van der Waals surface area contributed by atoms with Gasteiger partial charge in [0.1, 0.15) is 0 Å². The number of anilines is 2. The van der Waals surface area contributed by atoms with E-state index in [1.165, 1.54) is 5.57 Å². The van der Waals surface area contributed by atoms with Crippen LogP contribution in [0.5, 0.6) is 0 Å². The van der Waals surface area contributed by atoms with E-state index in [0.29, 0.717) is 16.7 Å². The number of aryl methyl sites for hydroxylation is 1. The SMILES string of the molecule is CCc1ccccc1NC(=O)CCN1C(=S)N[C@@H](c2ccccn2)[C@@H]1c1cc2c(cc1Cl)N(C)C(C)(C)C=C2C. The van der Waals surface area contributed by atoms with Crippen LogP contribution in [-0.2, 0) is 11.2 Å². The maximum absolute atomic E-state index is 13.1. The molecule has 5 rings (SSSR count). The van der Waals surface area contributed by atoms with Crippen molar-refractivity contribution < 1.29 is 4.79 Å². The number of hydrogen-bond donors (Lipinski definition) is 2. The summed E-state index contributed by atoms with van der Waals surface area (Å²) in [6.45, 7) is 9.07. The maximum Gasteiger partial charge on any atom is 0.226 e. The molecule has 40 heavy (non-hydrogen) atoms. The van der Waals surface area contributed by atoms with E-state index in [9.17, 15) is 4.79 Å². The number of hydrogen-bond acceptors (Lipinski definition) is 4.